The zero-order valence-electron chi connectivity index (χ0n) is 11.7. The minimum absolute atomic E-state index is 0.0927. The van der Waals surface area contributed by atoms with Crippen molar-refractivity contribution in [2.24, 2.45) is 5.92 Å². The molecule has 2 unspecified atom stereocenters. The minimum Gasteiger partial charge on any atom is -0.391 e. The van der Waals surface area contributed by atoms with Gasteiger partial charge in [0.1, 0.15) is 0 Å². The molecular weight excluding hydrogens is 276 g/mol. The number of aliphatic hydroxyl groups is 1. The van der Waals surface area contributed by atoms with E-state index in [1.54, 1.807) is 4.90 Å². The van der Waals surface area contributed by atoms with E-state index in [0.717, 1.165) is 18.4 Å². The number of nitrogens with zero attached hydrogens (tertiary/aromatic N) is 1. The van der Waals surface area contributed by atoms with Crippen LogP contribution in [0.25, 0.3) is 0 Å². The molecule has 0 spiro atoms. The lowest BCUT2D eigenvalue weighted by molar-refractivity contribution is 0.0436. The van der Waals surface area contributed by atoms with Crippen LogP contribution in [0.5, 0.6) is 0 Å². The molecule has 1 aromatic carbocycles. The van der Waals surface area contributed by atoms with Gasteiger partial charge < -0.3 is 15.3 Å². The lowest BCUT2D eigenvalue weighted by Gasteiger charge is -2.34. The number of halogens is 1. The third kappa shape index (κ3) is 4.12. The minimum atomic E-state index is -0.411. The quantitative estimate of drug-likeness (QED) is 0.899. The van der Waals surface area contributed by atoms with Crippen LogP contribution in [0.4, 0.5) is 4.79 Å². The van der Waals surface area contributed by atoms with Gasteiger partial charge in [0, 0.05) is 24.7 Å². The van der Waals surface area contributed by atoms with Crippen molar-refractivity contribution < 1.29 is 9.90 Å². The number of likely N-dealkylation sites (tertiary alicyclic amines) is 1. The van der Waals surface area contributed by atoms with Crippen LogP contribution >= 0.6 is 11.6 Å². The Balaban J connectivity index is 1.74. The van der Waals surface area contributed by atoms with E-state index in [4.69, 9.17) is 11.6 Å². The van der Waals surface area contributed by atoms with Crippen LogP contribution in [0.3, 0.4) is 0 Å². The van der Waals surface area contributed by atoms with E-state index >= 15 is 0 Å². The highest BCUT2D eigenvalue weighted by molar-refractivity contribution is 6.30. The van der Waals surface area contributed by atoms with Gasteiger partial charge >= 0.3 is 6.03 Å². The smallest absolute Gasteiger partial charge is 0.317 e. The average molecular weight is 297 g/mol. The summed E-state index contributed by atoms with van der Waals surface area (Å²) in [6.45, 7) is 3.74. The maximum absolute atomic E-state index is 12.0. The topological polar surface area (TPSA) is 52.6 Å². The number of hydrogen-bond acceptors (Lipinski definition) is 2. The van der Waals surface area contributed by atoms with Crippen LogP contribution in [0, 0.1) is 5.92 Å². The predicted octanol–water partition coefficient (Wildman–Crippen LogP) is 2.29. The van der Waals surface area contributed by atoms with Crippen LogP contribution in [0.15, 0.2) is 24.3 Å². The summed E-state index contributed by atoms with van der Waals surface area (Å²) in [7, 11) is 0. The molecule has 2 rings (SSSR count). The third-order valence-corrected chi connectivity index (χ3v) is 4.06. The summed E-state index contributed by atoms with van der Waals surface area (Å²) >= 11 is 5.82. The van der Waals surface area contributed by atoms with E-state index < -0.39 is 6.10 Å². The summed E-state index contributed by atoms with van der Waals surface area (Å²) < 4.78 is 0. The molecule has 5 heteroatoms. The second-order valence-corrected chi connectivity index (χ2v) is 5.82. The maximum atomic E-state index is 12.0. The van der Waals surface area contributed by atoms with Gasteiger partial charge in [0.25, 0.3) is 0 Å². The molecule has 4 nitrogen and oxygen atoms in total. The number of carbonyl (C=O) groups excluding carboxylic acids is 1. The summed E-state index contributed by atoms with van der Waals surface area (Å²) in [5, 5.41) is 13.4. The van der Waals surface area contributed by atoms with Gasteiger partial charge in [0.2, 0.25) is 0 Å². The first-order valence-corrected chi connectivity index (χ1v) is 7.39. The van der Waals surface area contributed by atoms with Gasteiger partial charge in [-0.15, -0.1) is 0 Å². The first-order chi connectivity index (χ1) is 9.56. The monoisotopic (exact) mass is 296 g/mol. The summed E-state index contributed by atoms with van der Waals surface area (Å²) in [5.41, 5.74) is 1.14. The molecule has 2 N–H and O–H groups in total. The first kappa shape index (κ1) is 15.1. The van der Waals surface area contributed by atoms with Gasteiger partial charge in [-0.05, 0) is 36.5 Å². The normalized spacial score (nSPS) is 22.6. The number of β-amino-alcohol motifs (C(OH)–C–C–N with tert-alkyl or cyclic N) is 1. The molecule has 2 amide bonds. The molecule has 0 aromatic heterocycles. The Morgan fingerprint density at radius 3 is 2.80 bits per heavy atom. The Kier molecular flexibility index (Phi) is 5.26. The Bertz CT molecular complexity index is 450. The van der Waals surface area contributed by atoms with Gasteiger partial charge in [-0.3, -0.25) is 0 Å². The summed E-state index contributed by atoms with van der Waals surface area (Å²) in [6.07, 6.45) is 1.22. The number of rotatable bonds is 3. The lowest BCUT2D eigenvalue weighted by atomic mass is 9.96. The van der Waals surface area contributed by atoms with Crippen molar-refractivity contribution in [2.45, 2.75) is 25.9 Å². The number of amides is 2. The second kappa shape index (κ2) is 6.95. The molecule has 20 heavy (non-hydrogen) atoms. The molecule has 0 radical (unpaired) electrons. The second-order valence-electron chi connectivity index (χ2n) is 5.39. The molecule has 0 saturated carbocycles. The molecule has 1 aliphatic heterocycles. The molecule has 0 aliphatic carbocycles. The highest BCUT2D eigenvalue weighted by Crippen LogP contribution is 2.16. The van der Waals surface area contributed by atoms with Crippen molar-refractivity contribution in [3.8, 4) is 0 Å². The number of nitrogens with one attached hydrogen (secondary N) is 1. The highest BCUT2D eigenvalue weighted by atomic mass is 35.5. The number of benzene rings is 1. The largest absolute Gasteiger partial charge is 0.391 e. The van der Waals surface area contributed by atoms with E-state index in [-0.39, 0.29) is 11.9 Å². The van der Waals surface area contributed by atoms with Crippen LogP contribution in [0.1, 0.15) is 18.9 Å². The van der Waals surface area contributed by atoms with Crippen LogP contribution in [-0.2, 0) is 6.42 Å². The van der Waals surface area contributed by atoms with Crippen molar-refractivity contribution >= 4 is 17.6 Å². The van der Waals surface area contributed by atoms with E-state index in [0.29, 0.717) is 24.7 Å². The van der Waals surface area contributed by atoms with Crippen LogP contribution < -0.4 is 5.32 Å². The zero-order chi connectivity index (χ0) is 14.5. The number of piperidine rings is 1. The predicted molar refractivity (Wildman–Crippen MR) is 79.9 cm³/mol. The Hall–Kier alpha value is -1.26. The molecule has 1 saturated heterocycles. The van der Waals surface area contributed by atoms with Crippen molar-refractivity contribution in [1.82, 2.24) is 10.2 Å². The van der Waals surface area contributed by atoms with Gasteiger partial charge in [0.05, 0.1) is 6.10 Å². The maximum Gasteiger partial charge on any atom is 0.317 e. The fourth-order valence-electron chi connectivity index (χ4n) is 2.31. The third-order valence-electron chi connectivity index (χ3n) is 3.81. The summed E-state index contributed by atoms with van der Waals surface area (Å²) in [4.78, 5) is 13.7. The molecular formula is C15H21ClN2O2. The van der Waals surface area contributed by atoms with E-state index in [1.807, 2.05) is 31.2 Å². The Morgan fingerprint density at radius 1 is 1.45 bits per heavy atom. The number of aliphatic hydroxyl groups excluding tert-OH is 1. The Labute approximate surface area is 124 Å². The number of urea groups is 1. The molecule has 1 fully saturated rings. The van der Waals surface area contributed by atoms with E-state index in [1.165, 1.54) is 0 Å². The molecule has 0 bridgehead atoms. The van der Waals surface area contributed by atoms with Gasteiger partial charge in [-0.1, -0.05) is 30.7 Å². The van der Waals surface area contributed by atoms with Gasteiger partial charge in [-0.2, -0.15) is 0 Å². The molecule has 1 aliphatic rings. The zero-order valence-corrected chi connectivity index (χ0v) is 12.4. The van der Waals surface area contributed by atoms with Gasteiger partial charge in [-0.25, -0.2) is 4.79 Å². The van der Waals surface area contributed by atoms with Crippen LogP contribution in [-0.4, -0.2) is 41.8 Å². The summed E-state index contributed by atoms with van der Waals surface area (Å²) in [6, 6.07) is 7.52. The van der Waals surface area contributed by atoms with E-state index in [2.05, 4.69) is 5.32 Å². The van der Waals surface area contributed by atoms with Crippen molar-refractivity contribution in [3.63, 3.8) is 0 Å². The fourth-order valence-corrected chi connectivity index (χ4v) is 2.44. The Morgan fingerprint density at radius 2 is 2.15 bits per heavy atom. The molecule has 110 valence electrons. The van der Waals surface area contributed by atoms with Crippen LogP contribution in [0.2, 0.25) is 5.02 Å². The molecule has 1 heterocycles. The van der Waals surface area contributed by atoms with Crippen molar-refractivity contribution in [1.29, 1.82) is 0 Å². The number of hydrogen-bond donors (Lipinski definition) is 2. The standard InChI is InChI=1S/C15H21ClN2O2/c1-11-7-9-18(10-14(11)19)15(20)17-8-6-12-2-4-13(16)5-3-12/h2-5,11,14,19H,6-10H2,1H3,(H,17,20). The van der Waals surface area contributed by atoms with Crippen molar-refractivity contribution in [3.05, 3.63) is 34.9 Å². The van der Waals surface area contributed by atoms with E-state index in [9.17, 15) is 9.90 Å². The molecule has 1 aromatic rings. The SMILES string of the molecule is CC1CCN(C(=O)NCCc2ccc(Cl)cc2)CC1O. The number of carbonyl (C=O) groups is 1. The van der Waals surface area contributed by atoms with Crippen molar-refractivity contribution in [2.75, 3.05) is 19.6 Å². The average Bonchev–Trinajstić information content (AvgIpc) is 2.44. The summed E-state index contributed by atoms with van der Waals surface area (Å²) in [5.74, 6) is 0.271. The first-order valence-electron chi connectivity index (χ1n) is 7.01. The fraction of sp³-hybridized carbons (Fsp3) is 0.533. The van der Waals surface area contributed by atoms with Gasteiger partial charge in [0.15, 0.2) is 0 Å². The lowest BCUT2D eigenvalue weighted by Crippen LogP contribution is -2.49. The molecule has 2 atom stereocenters. The highest BCUT2D eigenvalue weighted by Gasteiger charge is 2.26.